The van der Waals surface area contributed by atoms with Gasteiger partial charge in [-0.1, -0.05) is 11.6 Å². The lowest BCUT2D eigenvalue weighted by Crippen LogP contribution is -2.02. The van der Waals surface area contributed by atoms with E-state index in [9.17, 15) is 9.90 Å². The van der Waals surface area contributed by atoms with Crippen molar-refractivity contribution >= 4 is 28.9 Å². The fraction of sp³-hybridized carbons (Fsp3) is 0.125. The van der Waals surface area contributed by atoms with Crippen molar-refractivity contribution in [3.8, 4) is 22.0 Å². The fourth-order valence-corrected chi connectivity index (χ4v) is 3.47. The van der Waals surface area contributed by atoms with Gasteiger partial charge in [-0.05, 0) is 43.3 Å². The van der Waals surface area contributed by atoms with Gasteiger partial charge in [0.25, 0.3) is 0 Å². The smallest absolute Gasteiger partial charge is 0.356 e. The molecule has 0 atom stereocenters. The van der Waals surface area contributed by atoms with Crippen LogP contribution in [0.4, 0.5) is 0 Å². The van der Waals surface area contributed by atoms with Crippen LogP contribution in [0.1, 0.15) is 16.1 Å². The van der Waals surface area contributed by atoms with Crippen LogP contribution in [0.3, 0.4) is 0 Å². The van der Waals surface area contributed by atoms with Gasteiger partial charge in [-0.2, -0.15) is 5.10 Å². The number of hydrogen-bond acceptors (Lipinski definition) is 4. The van der Waals surface area contributed by atoms with Gasteiger partial charge in [-0.25, -0.2) is 9.48 Å². The Labute approximate surface area is 141 Å². The van der Waals surface area contributed by atoms with Crippen LogP contribution in [0.5, 0.6) is 5.75 Å². The molecule has 3 rings (SSSR count). The first-order valence-corrected chi connectivity index (χ1v) is 7.93. The van der Waals surface area contributed by atoms with Crippen LogP contribution in [-0.2, 0) is 0 Å². The summed E-state index contributed by atoms with van der Waals surface area (Å²) in [6.07, 6.45) is 0. The quantitative estimate of drug-likeness (QED) is 0.764. The van der Waals surface area contributed by atoms with E-state index >= 15 is 0 Å². The topological polar surface area (TPSA) is 64.4 Å². The largest absolute Gasteiger partial charge is 0.497 e. The average Bonchev–Trinajstić information content (AvgIpc) is 3.10. The molecule has 2 aromatic heterocycles. The Morgan fingerprint density at radius 2 is 1.96 bits per heavy atom. The standard InChI is InChI=1S/C16H13ClN2O3S/c1-9-14(16(20)21)18-19(10-3-5-11(22-2)6-4-10)15(9)12-7-8-13(17)23-12/h3-8H,1-2H3,(H,20,21). The summed E-state index contributed by atoms with van der Waals surface area (Å²) >= 11 is 7.41. The Morgan fingerprint density at radius 1 is 1.26 bits per heavy atom. The first-order chi connectivity index (χ1) is 11.0. The molecular weight excluding hydrogens is 336 g/mol. The van der Waals surface area contributed by atoms with Crippen molar-refractivity contribution in [2.75, 3.05) is 7.11 Å². The number of aromatic nitrogens is 2. The molecule has 3 aromatic rings. The lowest BCUT2D eigenvalue weighted by Gasteiger charge is -2.08. The third kappa shape index (κ3) is 2.83. The Hall–Kier alpha value is -2.31. The second-order valence-electron chi connectivity index (χ2n) is 4.84. The molecule has 0 radical (unpaired) electrons. The number of halogens is 1. The van der Waals surface area contributed by atoms with Crippen molar-refractivity contribution in [2.45, 2.75) is 6.92 Å². The lowest BCUT2D eigenvalue weighted by molar-refractivity contribution is 0.0689. The number of carboxylic acids is 1. The van der Waals surface area contributed by atoms with Gasteiger partial charge in [-0.15, -0.1) is 11.3 Å². The second kappa shape index (κ2) is 6.06. The highest BCUT2D eigenvalue weighted by Gasteiger charge is 2.22. The minimum absolute atomic E-state index is 0.0281. The molecule has 7 heteroatoms. The summed E-state index contributed by atoms with van der Waals surface area (Å²) < 4.78 is 7.41. The summed E-state index contributed by atoms with van der Waals surface area (Å²) in [4.78, 5) is 12.3. The van der Waals surface area contributed by atoms with E-state index in [2.05, 4.69) is 5.10 Å². The number of methoxy groups -OCH3 is 1. The van der Waals surface area contributed by atoms with E-state index in [0.29, 0.717) is 9.90 Å². The minimum atomic E-state index is -1.06. The molecule has 0 amide bonds. The Balaban J connectivity index is 2.21. The number of aromatic carboxylic acids is 1. The van der Waals surface area contributed by atoms with Crippen LogP contribution < -0.4 is 4.74 Å². The zero-order chi connectivity index (χ0) is 16.6. The van der Waals surface area contributed by atoms with Gasteiger partial charge in [0.2, 0.25) is 0 Å². The summed E-state index contributed by atoms with van der Waals surface area (Å²) in [5.74, 6) is -0.338. The third-order valence-electron chi connectivity index (χ3n) is 3.45. The normalized spacial score (nSPS) is 10.7. The molecule has 0 aliphatic heterocycles. The number of hydrogen-bond donors (Lipinski definition) is 1. The molecule has 0 saturated heterocycles. The molecule has 2 heterocycles. The molecular formula is C16H13ClN2O3S. The number of nitrogens with zero attached hydrogens (tertiary/aromatic N) is 2. The van der Waals surface area contributed by atoms with Crippen LogP contribution >= 0.6 is 22.9 Å². The van der Waals surface area contributed by atoms with E-state index in [1.807, 2.05) is 18.2 Å². The van der Waals surface area contributed by atoms with Crippen LogP contribution in [0, 0.1) is 6.92 Å². The van der Waals surface area contributed by atoms with Gasteiger partial charge < -0.3 is 9.84 Å². The Morgan fingerprint density at radius 3 is 2.48 bits per heavy atom. The monoisotopic (exact) mass is 348 g/mol. The van der Waals surface area contributed by atoms with Crippen molar-refractivity contribution in [1.29, 1.82) is 0 Å². The Bertz CT molecular complexity index is 868. The van der Waals surface area contributed by atoms with Gasteiger partial charge in [-0.3, -0.25) is 0 Å². The Kier molecular flexibility index (Phi) is 4.11. The fourth-order valence-electron chi connectivity index (χ4n) is 2.34. The maximum atomic E-state index is 11.4. The number of rotatable bonds is 4. The molecule has 0 fully saturated rings. The summed E-state index contributed by atoms with van der Waals surface area (Å²) in [6.45, 7) is 1.75. The molecule has 0 bridgehead atoms. The summed E-state index contributed by atoms with van der Waals surface area (Å²) in [6, 6.07) is 10.9. The molecule has 0 saturated carbocycles. The van der Waals surface area contributed by atoms with Crippen molar-refractivity contribution in [1.82, 2.24) is 9.78 Å². The first-order valence-electron chi connectivity index (χ1n) is 6.74. The van der Waals surface area contributed by atoms with Gasteiger partial charge >= 0.3 is 5.97 Å². The van der Waals surface area contributed by atoms with Gasteiger partial charge in [0.05, 0.1) is 27.7 Å². The summed E-state index contributed by atoms with van der Waals surface area (Å²) in [5.41, 5.74) is 2.11. The van der Waals surface area contributed by atoms with Crippen molar-refractivity contribution in [2.24, 2.45) is 0 Å². The molecule has 0 unspecified atom stereocenters. The summed E-state index contributed by atoms with van der Waals surface area (Å²) in [5, 5.41) is 13.6. The maximum absolute atomic E-state index is 11.4. The molecule has 1 aromatic carbocycles. The van der Waals surface area contributed by atoms with Crippen LogP contribution in [-0.4, -0.2) is 28.0 Å². The average molecular weight is 349 g/mol. The van der Waals surface area contributed by atoms with Gasteiger partial charge in [0.15, 0.2) is 5.69 Å². The van der Waals surface area contributed by atoms with Crippen LogP contribution in [0.15, 0.2) is 36.4 Å². The number of thiophene rings is 1. The number of carboxylic acid groups (broad SMARTS) is 1. The minimum Gasteiger partial charge on any atom is -0.497 e. The number of benzene rings is 1. The second-order valence-corrected chi connectivity index (χ2v) is 6.56. The number of carbonyl (C=O) groups is 1. The van der Waals surface area contributed by atoms with E-state index in [4.69, 9.17) is 16.3 Å². The predicted molar refractivity (Wildman–Crippen MR) is 90.1 cm³/mol. The molecule has 5 nitrogen and oxygen atoms in total. The van der Waals surface area contributed by atoms with E-state index in [1.165, 1.54) is 11.3 Å². The van der Waals surface area contributed by atoms with Gasteiger partial charge in [0.1, 0.15) is 5.75 Å². The first kappa shape index (κ1) is 15.6. The lowest BCUT2D eigenvalue weighted by atomic mass is 10.1. The predicted octanol–water partition coefficient (Wildman–Crippen LogP) is 4.27. The summed E-state index contributed by atoms with van der Waals surface area (Å²) in [7, 11) is 1.59. The highest BCUT2D eigenvalue weighted by Crippen LogP contribution is 2.35. The van der Waals surface area contributed by atoms with Gasteiger partial charge in [0, 0.05) is 5.56 Å². The third-order valence-corrected chi connectivity index (χ3v) is 4.69. The maximum Gasteiger partial charge on any atom is 0.356 e. The molecule has 23 heavy (non-hydrogen) atoms. The molecule has 0 aliphatic carbocycles. The molecule has 0 spiro atoms. The van der Waals surface area contributed by atoms with Crippen LogP contribution in [0.25, 0.3) is 16.3 Å². The zero-order valence-electron chi connectivity index (χ0n) is 12.4. The van der Waals surface area contributed by atoms with Crippen molar-refractivity contribution in [3.05, 3.63) is 52.0 Å². The zero-order valence-corrected chi connectivity index (χ0v) is 14.0. The van der Waals surface area contributed by atoms with E-state index in [0.717, 1.165) is 22.0 Å². The number of ether oxygens (including phenoxy) is 1. The molecule has 0 aliphatic rings. The van der Waals surface area contributed by atoms with E-state index in [1.54, 1.807) is 36.9 Å². The van der Waals surface area contributed by atoms with Crippen molar-refractivity contribution < 1.29 is 14.6 Å². The molecule has 118 valence electrons. The molecule has 1 N–H and O–H groups in total. The van der Waals surface area contributed by atoms with Crippen LogP contribution in [0.2, 0.25) is 4.34 Å². The van der Waals surface area contributed by atoms with E-state index in [-0.39, 0.29) is 5.69 Å². The van der Waals surface area contributed by atoms with Crippen molar-refractivity contribution in [3.63, 3.8) is 0 Å². The highest BCUT2D eigenvalue weighted by atomic mass is 35.5. The highest BCUT2D eigenvalue weighted by molar-refractivity contribution is 7.19. The van der Waals surface area contributed by atoms with E-state index < -0.39 is 5.97 Å². The SMILES string of the molecule is COc1ccc(-n2nc(C(=O)O)c(C)c2-c2ccc(Cl)s2)cc1.